The van der Waals surface area contributed by atoms with Gasteiger partial charge in [-0.2, -0.15) is 0 Å². The third-order valence-electron chi connectivity index (χ3n) is 5.59. The summed E-state index contributed by atoms with van der Waals surface area (Å²) in [7, 11) is 1.59. The zero-order valence-corrected chi connectivity index (χ0v) is 18.0. The number of benzene rings is 2. The normalized spacial score (nSPS) is 15.4. The number of aryl methyl sites for hydroxylation is 1. The Morgan fingerprint density at radius 1 is 1.13 bits per heavy atom. The van der Waals surface area contributed by atoms with E-state index in [9.17, 15) is 4.79 Å². The van der Waals surface area contributed by atoms with E-state index in [0.717, 1.165) is 37.1 Å². The number of nitrogens with one attached hydrogen (secondary N) is 1. The first-order chi connectivity index (χ1) is 15.2. The van der Waals surface area contributed by atoms with Gasteiger partial charge in [-0.3, -0.25) is 9.69 Å². The molecule has 4 rings (SSSR count). The maximum absolute atomic E-state index is 13.5. The molecule has 2 heterocycles. The van der Waals surface area contributed by atoms with Gasteiger partial charge in [-0.15, -0.1) is 10.2 Å². The molecule has 1 atom stereocenters. The predicted molar refractivity (Wildman–Crippen MR) is 119 cm³/mol. The third-order valence-corrected chi connectivity index (χ3v) is 5.59. The molecular weight excluding hydrogens is 392 g/mol. The number of carbonyl (C=O) groups is 1. The molecule has 1 aliphatic rings. The van der Waals surface area contributed by atoms with Gasteiger partial charge in [-0.05, 0) is 49.7 Å². The molecule has 0 bridgehead atoms. The van der Waals surface area contributed by atoms with E-state index in [-0.39, 0.29) is 11.9 Å². The van der Waals surface area contributed by atoms with Crippen LogP contribution >= 0.6 is 0 Å². The summed E-state index contributed by atoms with van der Waals surface area (Å²) in [6.07, 6.45) is 4.08. The molecule has 1 aliphatic heterocycles. The Labute approximate surface area is 182 Å². The van der Waals surface area contributed by atoms with Crippen LogP contribution in [0.5, 0.6) is 5.75 Å². The van der Waals surface area contributed by atoms with Crippen molar-refractivity contribution in [2.75, 3.05) is 25.5 Å². The summed E-state index contributed by atoms with van der Waals surface area (Å²) in [4.78, 5) is 15.8. The van der Waals surface area contributed by atoms with E-state index in [1.807, 2.05) is 49.4 Å². The Morgan fingerprint density at radius 3 is 2.58 bits per heavy atom. The second-order valence-electron chi connectivity index (χ2n) is 7.67. The van der Waals surface area contributed by atoms with Crippen LogP contribution in [0.15, 0.2) is 52.9 Å². The number of likely N-dealkylation sites (tertiary alicyclic amines) is 1. The number of anilines is 1. The maximum Gasteiger partial charge on any atom is 0.247 e. The first-order valence-electron chi connectivity index (χ1n) is 10.8. The first kappa shape index (κ1) is 21.1. The average Bonchev–Trinajstić information content (AvgIpc) is 3.30. The fourth-order valence-corrected chi connectivity index (χ4v) is 3.99. The molecule has 1 fully saturated rings. The van der Waals surface area contributed by atoms with E-state index in [1.54, 1.807) is 13.2 Å². The van der Waals surface area contributed by atoms with Crippen LogP contribution in [0.25, 0.3) is 11.5 Å². The minimum atomic E-state index is -0.357. The number of rotatable bonds is 7. The Morgan fingerprint density at radius 2 is 1.90 bits per heavy atom. The van der Waals surface area contributed by atoms with Gasteiger partial charge in [0.2, 0.25) is 17.7 Å². The topological polar surface area (TPSA) is 80.5 Å². The summed E-state index contributed by atoms with van der Waals surface area (Å²) >= 11 is 0. The van der Waals surface area contributed by atoms with E-state index >= 15 is 0 Å². The molecule has 1 saturated heterocycles. The molecule has 3 aromatic rings. The number of ether oxygens (including phenoxy) is 1. The molecule has 0 saturated carbocycles. The van der Waals surface area contributed by atoms with Crippen LogP contribution in [0.1, 0.15) is 43.7 Å². The van der Waals surface area contributed by atoms with Gasteiger partial charge in [0.05, 0.1) is 12.8 Å². The number of piperidine rings is 1. The summed E-state index contributed by atoms with van der Waals surface area (Å²) in [6, 6.07) is 15.1. The van der Waals surface area contributed by atoms with Crippen molar-refractivity contribution in [1.29, 1.82) is 0 Å². The quantitative estimate of drug-likeness (QED) is 0.607. The van der Waals surface area contributed by atoms with Crippen LogP contribution in [0, 0.1) is 0 Å². The first-order valence-corrected chi connectivity index (χ1v) is 10.8. The Hall–Kier alpha value is -3.19. The van der Waals surface area contributed by atoms with Crippen molar-refractivity contribution >= 4 is 11.6 Å². The number of hydrogen-bond donors (Lipinski definition) is 1. The molecule has 31 heavy (non-hydrogen) atoms. The standard InChI is InChI=1S/C24H28N4O3/c1-3-21-26-27-24(31-21)18-12-13-20(30-2)19(16-18)25-23(29)22(17-10-6-4-7-11-17)28-14-8-5-9-15-28/h4,6-7,10-13,16,22H,3,5,8-9,14-15H2,1-2H3,(H,25,29). The summed E-state index contributed by atoms with van der Waals surface area (Å²) in [5.74, 6) is 1.50. The minimum Gasteiger partial charge on any atom is -0.495 e. The highest BCUT2D eigenvalue weighted by atomic mass is 16.5. The summed E-state index contributed by atoms with van der Waals surface area (Å²) in [5, 5.41) is 11.2. The number of amides is 1. The largest absolute Gasteiger partial charge is 0.495 e. The lowest BCUT2D eigenvalue weighted by atomic mass is 10.0. The molecule has 1 amide bonds. The molecule has 7 nitrogen and oxygen atoms in total. The number of hydrogen-bond acceptors (Lipinski definition) is 6. The molecule has 0 aliphatic carbocycles. The zero-order valence-electron chi connectivity index (χ0n) is 18.0. The van der Waals surface area contributed by atoms with Crippen molar-refractivity contribution in [2.45, 2.75) is 38.6 Å². The monoisotopic (exact) mass is 420 g/mol. The summed E-state index contributed by atoms with van der Waals surface area (Å²) < 4.78 is 11.2. The van der Waals surface area contributed by atoms with E-state index in [0.29, 0.717) is 29.6 Å². The molecule has 162 valence electrons. The highest BCUT2D eigenvalue weighted by Crippen LogP contribution is 2.32. The van der Waals surface area contributed by atoms with Crippen molar-refractivity contribution in [3.8, 4) is 17.2 Å². The average molecular weight is 421 g/mol. The fraction of sp³-hybridized carbons (Fsp3) is 0.375. The van der Waals surface area contributed by atoms with Gasteiger partial charge in [0.25, 0.3) is 0 Å². The lowest BCUT2D eigenvalue weighted by molar-refractivity contribution is -0.122. The third kappa shape index (κ3) is 4.77. The van der Waals surface area contributed by atoms with Gasteiger partial charge in [0, 0.05) is 12.0 Å². The van der Waals surface area contributed by atoms with Gasteiger partial charge in [-0.1, -0.05) is 43.7 Å². The van der Waals surface area contributed by atoms with Crippen molar-refractivity contribution in [3.63, 3.8) is 0 Å². The van der Waals surface area contributed by atoms with Crippen LogP contribution in [-0.2, 0) is 11.2 Å². The number of methoxy groups -OCH3 is 1. The van der Waals surface area contributed by atoms with E-state index < -0.39 is 0 Å². The second kappa shape index (κ2) is 9.75. The highest BCUT2D eigenvalue weighted by molar-refractivity contribution is 5.97. The fourth-order valence-electron chi connectivity index (χ4n) is 3.99. The molecule has 7 heteroatoms. The lowest BCUT2D eigenvalue weighted by Gasteiger charge is -2.34. The van der Waals surface area contributed by atoms with Crippen LogP contribution in [0.4, 0.5) is 5.69 Å². The van der Waals surface area contributed by atoms with E-state index in [1.165, 1.54) is 6.42 Å². The molecule has 0 radical (unpaired) electrons. The van der Waals surface area contributed by atoms with Crippen LogP contribution in [-0.4, -0.2) is 41.2 Å². The smallest absolute Gasteiger partial charge is 0.247 e. The van der Waals surface area contributed by atoms with Gasteiger partial charge in [0.15, 0.2) is 0 Å². The van der Waals surface area contributed by atoms with Gasteiger partial charge >= 0.3 is 0 Å². The summed E-state index contributed by atoms with van der Waals surface area (Å²) in [5.41, 5.74) is 2.30. The lowest BCUT2D eigenvalue weighted by Crippen LogP contribution is -2.40. The van der Waals surface area contributed by atoms with Gasteiger partial charge in [-0.25, -0.2) is 0 Å². The molecule has 0 spiro atoms. The van der Waals surface area contributed by atoms with Crippen molar-refractivity contribution < 1.29 is 13.9 Å². The second-order valence-corrected chi connectivity index (χ2v) is 7.67. The SMILES string of the molecule is CCc1nnc(-c2ccc(OC)c(NC(=O)C(c3ccccc3)N3CCCCC3)c2)o1. The molecular formula is C24H28N4O3. The highest BCUT2D eigenvalue weighted by Gasteiger charge is 2.29. The molecule has 1 unspecified atom stereocenters. The molecule has 1 aromatic heterocycles. The van der Waals surface area contributed by atoms with Crippen molar-refractivity contribution in [3.05, 3.63) is 60.0 Å². The summed E-state index contributed by atoms with van der Waals surface area (Å²) in [6.45, 7) is 3.78. The Bertz CT molecular complexity index is 1010. The Kier molecular flexibility index (Phi) is 6.62. The minimum absolute atomic E-state index is 0.0803. The molecule has 2 aromatic carbocycles. The molecule has 1 N–H and O–H groups in total. The maximum atomic E-state index is 13.5. The van der Waals surface area contributed by atoms with Crippen molar-refractivity contribution in [1.82, 2.24) is 15.1 Å². The Balaban J connectivity index is 1.63. The van der Waals surface area contributed by atoms with Crippen LogP contribution < -0.4 is 10.1 Å². The van der Waals surface area contributed by atoms with Crippen LogP contribution in [0.3, 0.4) is 0 Å². The van der Waals surface area contributed by atoms with E-state index in [4.69, 9.17) is 9.15 Å². The van der Waals surface area contributed by atoms with Crippen molar-refractivity contribution in [2.24, 2.45) is 0 Å². The van der Waals surface area contributed by atoms with Gasteiger partial charge in [0.1, 0.15) is 11.8 Å². The number of carbonyl (C=O) groups excluding carboxylic acids is 1. The number of aromatic nitrogens is 2. The number of nitrogens with zero attached hydrogens (tertiary/aromatic N) is 3. The predicted octanol–water partition coefficient (Wildman–Crippen LogP) is 4.47. The zero-order chi connectivity index (χ0) is 21.6. The van der Waals surface area contributed by atoms with E-state index in [2.05, 4.69) is 20.4 Å². The van der Waals surface area contributed by atoms with Gasteiger partial charge < -0.3 is 14.5 Å². The van der Waals surface area contributed by atoms with Crippen LogP contribution in [0.2, 0.25) is 0 Å².